The lowest BCUT2D eigenvalue weighted by molar-refractivity contribution is -0.384. The van der Waals surface area contributed by atoms with E-state index in [1.165, 1.54) is 6.07 Å². The van der Waals surface area contributed by atoms with E-state index in [0.717, 1.165) is 32.1 Å². The number of carbonyl (C=O) groups is 1. The molecule has 1 aliphatic rings. The van der Waals surface area contributed by atoms with E-state index in [4.69, 9.17) is 5.11 Å². The number of nitro groups is 1. The summed E-state index contributed by atoms with van der Waals surface area (Å²) in [4.78, 5) is 29.6. The van der Waals surface area contributed by atoms with Gasteiger partial charge in [0.25, 0.3) is 0 Å². The molecule has 0 radical (unpaired) electrons. The molecular formula is C13H18N4O4. The lowest BCUT2D eigenvalue weighted by Gasteiger charge is -2.34. The second-order valence-corrected chi connectivity index (χ2v) is 4.93. The zero-order chi connectivity index (χ0) is 15.4. The molecule has 1 fully saturated rings. The number of aromatic nitrogens is 1. The number of aromatic carboxylic acids is 1. The van der Waals surface area contributed by atoms with Gasteiger partial charge in [-0.1, -0.05) is 6.92 Å². The first-order valence-electron chi connectivity index (χ1n) is 6.89. The first kappa shape index (κ1) is 15.2. The van der Waals surface area contributed by atoms with Crippen LogP contribution in [-0.4, -0.2) is 58.6 Å². The van der Waals surface area contributed by atoms with E-state index >= 15 is 0 Å². The van der Waals surface area contributed by atoms with Gasteiger partial charge in [0.05, 0.1) is 4.92 Å². The zero-order valence-electron chi connectivity index (χ0n) is 11.9. The van der Waals surface area contributed by atoms with Crippen molar-refractivity contribution in [3.63, 3.8) is 0 Å². The summed E-state index contributed by atoms with van der Waals surface area (Å²) < 4.78 is 0. The van der Waals surface area contributed by atoms with Crippen LogP contribution in [0.2, 0.25) is 0 Å². The Morgan fingerprint density at radius 3 is 2.57 bits per heavy atom. The maximum Gasteiger partial charge on any atom is 0.354 e. The highest BCUT2D eigenvalue weighted by atomic mass is 16.6. The van der Waals surface area contributed by atoms with Crippen molar-refractivity contribution in [1.29, 1.82) is 0 Å². The molecule has 0 amide bonds. The van der Waals surface area contributed by atoms with Crippen LogP contribution >= 0.6 is 0 Å². The third-order valence-electron chi connectivity index (χ3n) is 3.48. The van der Waals surface area contributed by atoms with Gasteiger partial charge >= 0.3 is 11.7 Å². The van der Waals surface area contributed by atoms with Gasteiger partial charge in [-0.05, 0) is 19.0 Å². The average Bonchev–Trinajstić information content (AvgIpc) is 2.47. The van der Waals surface area contributed by atoms with Crippen LogP contribution in [0.25, 0.3) is 0 Å². The molecule has 0 unspecified atom stereocenters. The number of nitrogens with zero attached hydrogens (tertiary/aromatic N) is 4. The predicted molar refractivity (Wildman–Crippen MR) is 76.8 cm³/mol. The van der Waals surface area contributed by atoms with Crippen molar-refractivity contribution in [2.45, 2.75) is 13.3 Å². The first-order chi connectivity index (χ1) is 10.0. The van der Waals surface area contributed by atoms with Crippen LogP contribution < -0.4 is 4.90 Å². The van der Waals surface area contributed by atoms with Crippen LogP contribution in [-0.2, 0) is 0 Å². The Balaban J connectivity index is 2.23. The van der Waals surface area contributed by atoms with Crippen molar-refractivity contribution < 1.29 is 14.8 Å². The molecule has 1 aliphatic heterocycles. The molecule has 21 heavy (non-hydrogen) atoms. The van der Waals surface area contributed by atoms with Gasteiger partial charge in [0, 0.05) is 32.2 Å². The van der Waals surface area contributed by atoms with Crippen molar-refractivity contribution in [1.82, 2.24) is 9.88 Å². The minimum absolute atomic E-state index is 0.149. The van der Waals surface area contributed by atoms with Crippen molar-refractivity contribution in [3.05, 3.63) is 27.9 Å². The largest absolute Gasteiger partial charge is 0.477 e. The number of pyridine rings is 1. The molecule has 0 aromatic carbocycles. The molecule has 8 nitrogen and oxygen atoms in total. The number of carboxylic acids is 1. The minimum atomic E-state index is -1.18. The number of rotatable bonds is 5. The fourth-order valence-electron chi connectivity index (χ4n) is 2.43. The monoisotopic (exact) mass is 294 g/mol. The Labute approximate surface area is 122 Å². The lowest BCUT2D eigenvalue weighted by Crippen LogP contribution is -2.47. The molecule has 0 saturated carbocycles. The van der Waals surface area contributed by atoms with Gasteiger partial charge < -0.3 is 10.0 Å². The molecule has 0 bridgehead atoms. The second-order valence-electron chi connectivity index (χ2n) is 4.93. The van der Waals surface area contributed by atoms with Gasteiger partial charge in [0.2, 0.25) is 5.82 Å². The van der Waals surface area contributed by atoms with Gasteiger partial charge in [0.15, 0.2) is 5.69 Å². The van der Waals surface area contributed by atoms with Gasteiger partial charge in [0.1, 0.15) is 0 Å². The summed E-state index contributed by atoms with van der Waals surface area (Å²) in [6.07, 6.45) is 1.06. The normalized spacial score (nSPS) is 16.0. The average molecular weight is 294 g/mol. The quantitative estimate of drug-likeness (QED) is 0.643. The summed E-state index contributed by atoms with van der Waals surface area (Å²) in [5, 5.41) is 20.1. The number of anilines is 1. The summed E-state index contributed by atoms with van der Waals surface area (Å²) in [6.45, 7) is 5.91. The third kappa shape index (κ3) is 3.46. The number of hydrogen-bond acceptors (Lipinski definition) is 6. The molecule has 0 spiro atoms. The molecule has 2 heterocycles. The molecule has 1 saturated heterocycles. The molecule has 1 aromatic heterocycles. The molecule has 1 N–H and O–H groups in total. The molecule has 114 valence electrons. The predicted octanol–water partition coefficient (Wildman–Crippen LogP) is 1.22. The summed E-state index contributed by atoms with van der Waals surface area (Å²) in [7, 11) is 0. The van der Waals surface area contributed by atoms with Gasteiger partial charge in [-0.15, -0.1) is 0 Å². The minimum Gasteiger partial charge on any atom is -0.477 e. The van der Waals surface area contributed by atoms with Crippen LogP contribution in [0, 0.1) is 10.1 Å². The number of carboxylic acid groups (broad SMARTS) is 1. The van der Waals surface area contributed by atoms with E-state index < -0.39 is 10.9 Å². The van der Waals surface area contributed by atoms with E-state index in [-0.39, 0.29) is 17.2 Å². The molecule has 8 heteroatoms. The van der Waals surface area contributed by atoms with Crippen LogP contribution in [0.3, 0.4) is 0 Å². The lowest BCUT2D eigenvalue weighted by atomic mass is 10.2. The van der Waals surface area contributed by atoms with Crippen LogP contribution in [0.5, 0.6) is 0 Å². The number of hydrogen-bond donors (Lipinski definition) is 1. The standard InChI is InChI=1S/C13H18N4O4/c1-2-5-15-6-8-16(9-7-15)12-11(17(20)21)4-3-10(14-12)13(18)19/h3-4H,2,5-9H2,1H3,(H,18,19). The molecule has 2 rings (SSSR count). The van der Waals surface area contributed by atoms with Crippen molar-refractivity contribution in [2.24, 2.45) is 0 Å². The molecule has 0 aliphatic carbocycles. The van der Waals surface area contributed by atoms with Crippen LogP contribution in [0.15, 0.2) is 12.1 Å². The Morgan fingerprint density at radius 1 is 1.38 bits per heavy atom. The fourth-order valence-corrected chi connectivity index (χ4v) is 2.43. The highest BCUT2D eigenvalue weighted by molar-refractivity contribution is 5.86. The second kappa shape index (κ2) is 6.49. The van der Waals surface area contributed by atoms with E-state index in [0.29, 0.717) is 13.1 Å². The summed E-state index contributed by atoms with van der Waals surface area (Å²) in [6, 6.07) is 2.38. The smallest absolute Gasteiger partial charge is 0.354 e. The van der Waals surface area contributed by atoms with Crippen molar-refractivity contribution in [3.8, 4) is 0 Å². The topological polar surface area (TPSA) is 99.8 Å². The van der Waals surface area contributed by atoms with Gasteiger partial charge in [-0.25, -0.2) is 9.78 Å². The highest BCUT2D eigenvalue weighted by Gasteiger charge is 2.26. The SMILES string of the molecule is CCCN1CCN(c2nc(C(=O)O)ccc2[N+](=O)[O-])CC1. The van der Waals surface area contributed by atoms with E-state index in [9.17, 15) is 14.9 Å². The Bertz CT molecular complexity index is 541. The highest BCUT2D eigenvalue weighted by Crippen LogP contribution is 2.27. The van der Waals surface area contributed by atoms with E-state index in [1.807, 2.05) is 0 Å². The first-order valence-corrected chi connectivity index (χ1v) is 6.89. The zero-order valence-corrected chi connectivity index (χ0v) is 11.9. The van der Waals surface area contributed by atoms with Crippen LogP contribution in [0.1, 0.15) is 23.8 Å². The Hall–Kier alpha value is -2.22. The summed E-state index contributed by atoms with van der Waals surface area (Å²) in [5.74, 6) is -1.04. The van der Waals surface area contributed by atoms with E-state index in [2.05, 4.69) is 16.8 Å². The van der Waals surface area contributed by atoms with Crippen LogP contribution in [0.4, 0.5) is 11.5 Å². The molecule has 1 aromatic rings. The summed E-state index contributed by atoms with van der Waals surface area (Å²) >= 11 is 0. The van der Waals surface area contributed by atoms with E-state index in [1.54, 1.807) is 4.90 Å². The molecule has 0 atom stereocenters. The molecular weight excluding hydrogens is 276 g/mol. The fraction of sp³-hybridized carbons (Fsp3) is 0.538. The number of piperazine rings is 1. The Morgan fingerprint density at radius 2 is 2.05 bits per heavy atom. The van der Waals surface area contributed by atoms with Crippen molar-refractivity contribution >= 4 is 17.5 Å². The van der Waals surface area contributed by atoms with Crippen molar-refractivity contribution in [2.75, 3.05) is 37.6 Å². The maximum absolute atomic E-state index is 11.1. The van der Waals surface area contributed by atoms with Gasteiger partial charge in [-0.3, -0.25) is 15.0 Å². The maximum atomic E-state index is 11.1. The Kier molecular flexibility index (Phi) is 4.69. The third-order valence-corrected chi connectivity index (χ3v) is 3.48. The summed E-state index contributed by atoms with van der Waals surface area (Å²) in [5.41, 5.74) is -0.324. The van der Waals surface area contributed by atoms with Gasteiger partial charge in [-0.2, -0.15) is 0 Å².